The van der Waals surface area contributed by atoms with E-state index in [1.165, 1.54) is 24.1 Å². The molecule has 2 aromatic carbocycles. The van der Waals surface area contributed by atoms with Gasteiger partial charge >= 0.3 is 5.97 Å². The fourth-order valence-electron chi connectivity index (χ4n) is 4.06. The normalized spacial score (nSPS) is 14.3. The van der Waals surface area contributed by atoms with Crippen LogP contribution in [0.3, 0.4) is 0 Å². The molecule has 1 aliphatic carbocycles. The molecular formula is C24H23N3O4. The zero-order chi connectivity index (χ0) is 21.4. The van der Waals surface area contributed by atoms with Crippen LogP contribution in [-0.2, 0) is 17.6 Å². The van der Waals surface area contributed by atoms with E-state index in [-0.39, 0.29) is 5.89 Å². The van der Waals surface area contributed by atoms with E-state index in [0.29, 0.717) is 11.5 Å². The van der Waals surface area contributed by atoms with Gasteiger partial charge in [-0.2, -0.15) is 0 Å². The number of rotatable bonds is 5. The van der Waals surface area contributed by atoms with Crippen LogP contribution in [0.4, 0.5) is 0 Å². The second-order valence-corrected chi connectivity index (χ2v) is 7.77. The lowest BCUT2D eigenvalue weighted by atomic mass is 9.95. The number of benzene rings is 2. The minimum absolute atomic E-state index is 0.249. The number of aromatic amines is 1. The van der Waals surface area contributed by atoms with Gasteiger partial charge in [-0.25, -0.2) is 4.79 Å². The van der Waals surface area contributed by atoms with Gasteiger partial charge in [0.25, 0.3) is 5.89 Å². The van der Waals surface area contributed by atoms with Gasteiger partial charge in [0.15, 0.2) is 6.10 Å². The van der Waals surface area contributed by atoms with Crippen LogP contribution in [0.1, 0.15) is 53.4 Å². The summed E-state index contributed by atoms with van der Waals surface area (Å²) < 4.78 is 16.5. The summed E-state index contributed by atoms with van der Waals surface area (Å²) in [6.45, 7) is 1.72. The van der Waals surface area contributed by atoms with E-state index >= 15 is 0 Å². The topological polar surface area (TPSA) is 90.2 Å². The maximum Gasteiger partial charge on any atom is 0.338 e. The highest BCUT2D eigenvalue weighted by molar-refractivity contribution is 5.96. The van der Waals surface area contributed by atoms with Crippen LogP contribution in [0, 0.1) is 0 Å². The van der Waals surface area contributed by atoms with E-state index in [1.54, 1.807) is 20.1 Å². The lowest BCUT2D eigenvalue weighted by molar-refractivity contribution is 0.0280. The summed E-state index contributed by atoms with van der Waals surface area (Å²) in [4.78, 5) is 16.3. The molecule has 7 heteroatoms. The Morgan fingerprint density at radius 3 is 2.71 bits per heavy atom. The third-order valence-electron chi connectivity index (χ3n) is 5.74. The van der Waals surface area contributed by atoms with Crippen LogP contribution in [0.2, 0.25) is 0 Å². The summed E-state index contributed by atoms with van der Waals surface area (Å²) in [6.07, 6.45) is 3.83. The van der Waals surface area contributed by atoms with Crippen molar-refractivity contribution in [2.75, 3.05) is 7.11 Å². The molecule has 0 bridgehead atoms. The average molecular weight is 417 g/mol. The molecule has 4 aromatic rings. The van der Waals surface area contributed by atoms with E-state index in [9.17, 15) is 4.79 Å². The number of ether oxygens (including phenoxy) is 2. The number of carbonyl (C=O) groups is 1. The van der Waals surface area contributed by atoms with Crippen molar-refractivity contribution in [1.29, 1.82) is 0 Å². The van der Waals surface area contributed by atoms with Gasteiger partial charge in [0.05, 0.1) is 12.7 Å². The molecule has 1 atom stereocenters. The molecule has 2 aromatic heterocycles. The Balaban J connectivity index is 1.33. The fraction of sp³-hybridized carbons (Fsp3) is 0.292. The van der Waals surface area contributed by atoms with E-state index in [1.807, 2.05) is 36.4 Å². The van der Waals surface area contributed by atoms with Gasteiger partial charge < -0.3 is 18.9 Å². The Morgan fingerprint density at radius 2 is 1.90 bits per heavy atom. The molecular weight excluding hydrogens is 394 g/mol. The SMILES string of the molecule is COc1ccc(-c2nnc(C(C)OC(=O)c3ccc4[nH]c5c(c4c3)CCCC5)o2)cc1. The van der Waals surface area contributed by atoms with Crippen molar-refractivity contribution in [2.45, 2.75) is 38.7 Å². The lowest BCUT2D eigenvalue weighted by Gasteiger charge is -2.11. The summed E-state index contributed by atoms with van der Waals surface area (Å²) in [5.41, 5.74) is 4.96. The van der Waals surface area contributed by atoms with Gasteiger partial charge in [-0.15, -0.1) is 10.2 Å². The molecule has 0 aliphatic heterocycles. The van der Waals surface area contributed by atoms with Crippen LogP contribution in [0.15, 0.2) is 46.9 Å². The number of carbonyl (C=O) groups excluding carboxylic acids is 1. The van der Waals surface area contributed by atoms with Crippen molar-refractivity contribution in [3.63, 3.8) is 0 Å². The van der Waals surface area contributed by atoms with E-state index in [2.05, 4.69) is 15.2 Å². The summed E-state index contributed by atoms with van der Waals surface area (Å²) >= 11 is 0. The number of fused-ring (bicyclic) bond motifs is 3. The number of esters is 1. The highest BCUT2D eigenvalue weighted by Gasteiger charge is 2.22. The Bertz CT molecular complexity index is 1240. The molecule has 0 amide bonds. The van der Waals surface area contributed by atoms with Crippen molar-refractivity contribution >= 4 is 16.9 Å². The number of aryl methyl sites for hydroxylation is 2. The van der Waals surface area contributed by atoms with Crippen molar-refractivity contribution in [3.8, 4) is 17.2 Å². The number of methoxy groups -OCH3 is 1. The van der Waals surface area contributed by atoms with E-state index < -0.39 is 12.1 Å². The van der Waals surface area contributed by atoms with Crippen molar-refractivity contribution < 1.29 is 18.7 Å². The highest BCUT2D eigenvalue weighted by Crippen LogP contribution is 2.30. The lowest BCUT2D eigenvalue weighted by Crippen LogP contribution is -2.09. The molecule has 2 heterocycles. The molecule has 0 saturated carbocycles. The van der Waals surface area contributed by atoms with Gasteiger partial charge in [-0.3, -0.25) is 0 Å². The quantitative estimate of drug-likeness (QED) is 0.458. The molecule has 0 spiro atoms. The summed E-state index contributed by atoms with van der Waals surface area (Å²) in [5, 5.41) is 9.23. The summed E-state index contributed by atoms with van der Waals surface area (Å²) in [7, 11) is 1.61. The standard InChI is InChI=1S/C24H23N3O4/c1-14(22-26-27-23(31-22)15-7-10-17(29-2)11-8-15)30-24(28)16-9-12-21-19(13-16)18-5-3-4-6-20(18)25-21/h7-14,25H,3-6H2,1-2H3. The third-order valence-corrected chi connectivity index (χ3v) is 5.74. The van der Waals surface area contributed by atoms with Crippen LogP contribution in [-0.4, -0.2) is 28.3 Å². The Labute approximate surface area is 179 Å². The number of nitrogens with one attached hydrogen (secondary N) is 1. The molecule has 0 radical (unpaired) electrons. The smallest absolute Gasteiger partial charge is 0.338 e. The maximum atomic E-state index is 12.8. The van der Waals surface area contributed by atoms with Crippen LogP contribution >= 0.6 is 0 Å². The molecule has 1 N–H and O–H groups in total. The molecule has 7 nitrogen and oxygen atoms in total. The minimum atomic E-state index is -0.664. The molecule has 158 valence electrons. The number of aromatic nitrogens is 3. The predicted molar refractivity (Wildman–Crippen MR) is 115 cm³/mol. The molecule has 0 fully saturated rings. The van der Waals surface area contributed by atoms with Crippen LogP contribution < -0.4 is 4.74 Å². The molecule has 31 heavy (non-hydrogen) atoms. The monoisotopic (exact) mass is 417 g/mol. The van der Waals surface area contributed by atoms with Gasteiger partial charge in [0, 0.05) is 22.2 Å². The van der Waals surface area contributed by atoms with Gasteiger partial charge in [-0.05, 0) is 80.6 Å². The minimum Gasteiger partial charge on any atom is -0.497 e. The third kappa shape index (κ3) is 3.67. The second-order valence-electron chi connectivity index (χ2n) is 7.77. The first kappa shape index (κ1) is 19.4. The Hall–Kier alpha value is -3.61. The van der Waals surface area contributed by atoms with E-state index in [0.717, 1.165) is 35.1 Å². The van der Waals surface area contributed by atoms with E-state index in [4.69, 9.17) is 13.9 Å². The Kier molecular flexibility index (Phi) is 4.94. The number of hydrogen-bond acceptors (Lipinski definition) is 6. The zero-order valence-electron chi connectivity index (χ0n) is 17.5. The molecule has 1 aliphatic rings. The van der Waals surface area contributed by atoms with Crippen molar-refractivity contribution in [3.05, 3.63) is 65.2 Å². The largest absolute Gasteiger partial charge is 0.497 e. The highest BCUT2D eigenvalue weighted by atomic mass is 16.6. The molecule has 1 unspecified atom stereocenters. The zero-order valence-corrected chi connectivity index (χ0v) is 17.5. The maximum absolute atomic E-state index is 12.8. The number of nitrogens with zero attached hydrogens (tertiary/aromatic N) is 2. The number of hydrogen-bond donors (Lipinski definition) is 1. The number of H-pyrrole nitrogens is 1. The van der Waals surface area contributed by atoms with Crippen LogP contribution in [0.5, 0.6) is 5.75 Å². The average Bonchev–Trinajstić information content (AvgIpc) is 3.44. The van der Waals surface area contributed by atoms with Crippen LogP contribution in [0.25, 0.3) is 22.4 Å². The fourth-order valence-corrected chi connectivity index (χ4v) is 4.06. The molecule has 0 saturated heterocycles. The van der Waals surface area contributed by atoms with Crippen molar-refractivity contribution in [1.82, 2.24) is 15.2 Å². The first-order valence-corrected chi connectivity index (χ1v) is 10.4. The summed E-state index contributed by atoms with van der Waals surface area (Å²) in [5.74, 6) is 0.941. The van der Waals surface area contributed by atoms with Gasteiger partial charge in [0.1, 0.15) is 5.75 Å². The first-order chi connectivity index (χ1) is 15.1. The second kappa shape index (κ2) is 7.91. The Morgan fingerprint density at radius 1 is 1.10 bits per heavy atom. The van der Waals surface area contributed by atoms with Crippen molar-refractivity contribution in [2.24, 2.45) is 0 Å². The summed E-state index contributed by atoms with van der Waals surface area (Å²) in [6, 6.07) is 13.0. The first-order valence-electron chi connectivity index (χ1n) is 10.4. The molecule has 5 rings (SSSR count). The predicted octanol–water partition coefficient (Wildman–Crippen LogP) is 5.02. The van der Waals surface area contributed by atoms with Gasteiger partial charge in [0.2, 0.25) is 5.89 Å². The van der Waals surface area contributed by atoms with Gasteiger partial charge in [-0.1, -0.05) is 0 Å².